The molecule has 1 atom stereocenters. The third-order valence-electron chi connectivity index (χ3n) is 4.90. The molecule has 3 aromatic rings. The molecule has 0 amide bonds. The number of rotatable bonds is 6. The Hall–Kier alpha value is -2.62. The summed E-state index contributed by atoms with van der Waals surface area (Å²) in [7, 11) is 0. The average molecular weight is 359 g/mol. The Kier molecular flexibility index (Phi) is 5.83. The van der Waals surface area contributed by atoms with Gasteiger partial charge in [-0.1, -0.05) is 72.8 Å². The van der Waals surface area contributed by atoms with E-state index in [9.17, 15) is 0 Å². The van der Waals surface area contributed by atoms with Crippen LogP contribution in [0.25, 0.3) is 0 Å². The predicted molar refractivity (Wildman–Crippen MR) is 108 cm³/mol. The molecular formula is C24H25NO2. The summed E-state index contributed by atoms with van der Waals surface area (Å²) in [5.41, 5.74) is 3.73. The minimum atomic E-state index is 0.116. The number of morpholine rings is 1. The first-order valence-corrected chi connectivity index (χ1v) is 9.51. The molecule has 3 aromatic carbocycles. The van der Waals surface area contributed by atoms with E-state index in [-0.39, 0.29) is 6.10 Å². The largest absolute Gasteiger partial charge is 0.489 e. The fourth-order valence-corrected chi connectivity index (χ4v) is 3.41. The molecule has 1 saturated heterocycles. The van der Waals surface area contributed by atoms with Crippen LogP contribution in [0.3, 0.4) is 0 Å². The van der Waals surface area contributed by atoms with E-state index < -0.39 is 0 Å². The van der Waals surface area contributed by atoms with Gasteiger partial charge < -0.3 is 9.47 Å². The third-order valence-corrected chi connectivity index (χ3v) is 4.90. The van der Waals surface area contributed by atoms with Gasteiger partial charge in [0.05, 0.1) is 12.7 Å². The molecule has 0 unspecified atom stereocenters. The molecule has 138 valence electrons. The predicted octanol–water partition coefficient (Wildman–Crippen LogP) is 4.84. The van der Waals surface area contributed by atoms with Crippen molar-refractivity contribution in [1.82, 2.24) is 4.90 Å². The molecule has 4 rings (SSSR count). The molecule has 1 fully saturated rings. The molecule has 0 spiro atoms. The fourth-order valence-electron chi connectivity index (χ4n) is 3.41. The maximum atomic E-state index is 6.02. The Morgan fingerprint density at radius 3 is 2.19 bits per heavy atom. The van der Waals surface area contributed by atoms with Crippen molar-refractivity contribution in [1.29, 1.82) is 0 Å². The highest BCUT2D eigenvalue weighted by molar-refractivity contribution is 5.29. The lowest BCUT2D eigenvalue weighted by Gasteiger charge is -2.33. The van der Waals surface area contributed by atoms with Crippen molar-refractivity contribution >= 4 is 0 Å². The monoisotopic (exact) mass is 359 g/mol. The van der Waals surface area contributed by atoms with E-state index in [0.717, 1.165) is 32.0 Å². The highest BCUT2D eigenvalue weighted by Crippen LogP contribution is 2.25. The molecule has 0 radical (unpaired) electrons. The number of hydrogen-bond donors (Lipinski definition) is 0. The van der Waals surface area contributed by atoms with Crippen LogP contribution in [-0.2, 0) is 17.9 Å². The summed E-state index contributed by atoms with van der Waals surface area (Å²) in [6.07, 6.45) is 0.116. The molecule has 3 heteroatoms. The third kappa shape index (κ3) is 4.97. The molecular weight excluding hydrogens is 334 g/mol. The van der Waals surface area contributed by atoms with Crippen LogP contribution in [0.5, 0.6) is 5.75 Å². The Balaban J connectivity index is 1.34. The van der Waals surface area contributed by atoms with Gasteiger partial charge in [0.15, 0.2) is 0 Å². The Morgan fingerprint density at radius 1 is 0.815 bits per heavy atom. The standard InChI is InChI=1S/C24H25NO2/c1-3-7-20(8-4-1)17-25-15-16-26-24(18-25)22-11-13-23(14-12-22)27-19-21-9-5-2-6-10-21/h1-14,24H,15-19H2/t24-/m1/s1. The lowest BCUT2D eigenvalue weighted by molar-refractivity contribution is -0.0329. The second-order valence-corrected chi connectivity index (χ2v) is 6.92. The van der Waals surface area contributed by atoms with Crippen molar-refractivity contribution in [3.63, 3.8) is 0 Å². The van der Waals surface area contributed by atoms with Gasteiger partial charge in [0.25, 0.3) is 0 Å². The molecule has 1 aliphatic heterocycles. The topological polar surface area (TPSA) is 21.7 Å². The van der Waals surface area contributed by atoms with E-state index in [0.29, 0.717) is 6.61 Å². The van der Waals surface area contributed by atoms with Crippen molar-refractivity contribution in [3.05, 3.63) is 102 Å². The van der Waals surface area contributed by atoms with Crippen LogP contribution < -0.4 is 4.74 Å². The van der Waals surface area contributed by atoms with Crippen LogP contribution in [0.2, 0.25) is 0 Å². The molecule has 1 heterocycles. The van der Waals surface area contributed by atoms with Crippen LogP contribution in [0.15, 0.2) is 84.9 Å². The zero-order valence-electron chi connectivity index (χ0n) is 15.5. The lowest BCUT2D eigenvalue weighted by Crippen LogP contribution is -2.37. The number of ether oxygens (including phenoxy) is 2. The highest BCUT2D eigenvalue weighted by Gasteiger charge is 2.22. The second kappa shape index (κ2) is 8.85. The molecule has 0 aromatic heterocycles. The van der Waals surface area contributed by atoms with Crippen molar-refractivity contribution < 1.29 is 9.47 Å². The number of benzene rings is 3. The van der Waals surface area contributed by atoms with Gasteiger partial charge in [-0.05, 0) is 28.8 Å². The van der Waals surface area contributed by atoms with Crippen molar-refractivity contribution in [3.8, 4) is 5.75 Å². The molecule has 0 bridgehead atoms. The Bertz CT molecular complexity index is 818. The summed E-state index contributed by atoms with van der Waals surface area (Å²) in [5, 5.41) is 0. The molecule has 0 saturated carbocycles. The van der Waals surface area contributed by atoms with Crippen LogP contribution in [-0.4, -0.2) is 24.6 Å². The zero-order valence-corrected chi connectivity index (χ0v) is 15.5. The van der Waals surface area contributed by atoms with Gasteiger partial charge in [0, 0.05) is 19.6 Å². The molecule has 3 nitrogen and oxygen atoms in total. The van der Waals surface area contributed by atoms with Gasteiger partial charge in [-0.15, -0.1) is 0 Å². The number of hydrogen-bond acceptors (Lipinski definition) is 3. The van der Waals surface area contributed by atoms with E-state index in [1.165, 1.54) is 16.7 Å². The highest BCUT2D eigenvalue weighted by atomic mass is 16.5. The van der Waals surface area contributed by atoms with E-state index in [1.54, 1.807) is 0 Å². The SMILES string of the molecule is c1ccc(COc2ccc([C@H]3CN(Cc4ccccc4)CCO3)cc2)cc1. The summed E-state index contributed by atoms with van der Waals surface area (Å²) in [4.78, 5) is 2.46. The normalized spacial score (nSPS) is 17.6. The van der Waals surface area contributed by atoms with Gasteiger partial charge in [0.2, 0.25) is 0 Å². The van der Waals surface area contributed by atoms with Gasteiger partial charge in [-0.25, -0.2) is 0 Å². The molecule has 27 heavy (non-hydrogen) atoms. The van der Waals surface area contributed by atoms with Crippen LogP contribution in [0.1, 0.15) is 22.8 Å². The maximum Gasteiger partial charge on any atom is 0.119 e. The van der Waals surface area contributed by atoms with Crippen LogP contribution >= 0.6 is 0 Å². The molecule has 0 aliphatic carbocycles. The summed E-state index contributed by atoms with van der Waals surface area (Å²) in [6.45, 7) is 4.22. The van der Waals surface area contributed by atoms with Crippen LogP contribution in [0.4, 0.5) is 0 Å². The lowest BCUT2D eigenvalue weighted by atomic mass is 10.1. The van der Waals surface area contributed by atoms with E-state index in [2.05, 4.69) is 59.5 Å². The quantitative estimate of drug-likeness (QED) is 0.629. The zero-order chi connectivity index (χ0) is 18.3. The van der Waals surface area contributed by atoms with E-state index in [1.807, 2.05) is 30.3 Å². The van der Waals surface area contributed by atoms with Gasteiger partial charge in [0.1, 0.15) is 12.4 Å². The fraction of sp³-hybridized carbons (Fsp3) is 0.250. The van der Waals surface area contributed by atoms with Gasteiger partial charge >= 0.3 is 0 Å². The number of nitrogens with zero attached hydrogens (tertiary/aromatic N) is 1. The summed E-state index contributed by atoms with van der Waals surface area (Å²) >= 11 is 0. The average Bonchev–Trinajstić information content (AvgIpc) is 2.74. The van der Waals surface area contributed by atoms with Crippen LogP contribution in [0, 0.1) is 0 Å². The second-order valence-electron chi connectivity index (χ2n) is 6.92. The first-order valence-electron chi connectivity index (χ1n) is 9.51. The van der Waals surface area contributed by atoms with Crippen molar-refractivity contribution in [2.45, 2.75) is 19.3 Å². The summed E-state index contributed by atoms with van der Waals surface area (Å²) in [5.74, 6) is 0.888. The van der Waals surface area contributed by atoms with Crippen molar-refractivity contribution in [2.24, 2.45) is 0 Å². The minimum Gasteiger partial charge on any atom is -0.489 e. The molecule has 0 N–H and O–H groups in total. The first-order chi connectivity index (χ1) is 13.4. The summed E-state index contributed by atoms with van der Waals surface area (Å²) in [6, 6.07) is 29.2. The van der Waals surface area contributed by atoms with Gasteiger partial charge in [-0.3, -0.25) is 4.90 Å². The van der Waals surface area contributed by atoms with E-state index in [4.69, 9.17) is 9.47 Å². The Labute approximate surface area is 161 Å². The molecule has 1 aliphatic rings. The summed E-state index contributed by atoms with van der Waals surface area (Å²) < 4.78 is 11.9. The Morgan fingerprint density at radius 2 is 1.48 bits per heavy atom. The van der Waals surface area contributed by atoms with E-state index >= 15 is 0 Å². The smallest absolute Gasteiger partial charge is 0.119 e. The van der Waals surface area contributed by atoms with Gasteiger partial charge in [-0.2, -0.15) is 0 Å². The first kappa shape index (κ1) is 17.8. The van der Waals surface area contributed by atoms with Crippen molar-refractivity contribution in [2.75, 3.05) is 19.7 Å². The maximum absolute atomic E-state index is 6.02. The minimum absolute atomic E-state index is 0.116.